The quantitative estimate of drug-likeness (QED) is 0.258. The number of hydrogen-bond acceptors (Lipinski definition) is 6. The van der Waals surface area contributed by atoms with Crippen molar-refractivity contribution in [3.63, 3.8) is 0 Å². The van der Waals surface area contributed by atoms with Crippen molar-refractivity contribution in [2.24, 2.45) is 5.10 Å². The van der Waals surface area contributed by atoms with Crippen LogP contribution in [0, 0.1) is 17.0 Å². The smallest absolute Gasteiger partial charge is 0.287 e. The average molecular weight is 428 g/mol. The van der Waals surface area contributed by atoms with Crippen molar-refractivity contribution in [2.75, 3.05) is 10.7 Å². The lowest BCUT2D eigenvalue weighted by Gasteiger charge is -2.07. The SMILES string of the molecule is Cc1ccc(NC(=O)Cn2cc(/C=N/Nc3ccc([N+](=O)[O-])cn3)c3ccccc32)cc1. The Balaban J connectivity index is 1.49. The first-order valence-electron chi connectivity index (χ1n) is 9.83. The summed E-state index contributed by atoms with van der Waals surface area (Å²) in [5.74, 6) is 0.249. The number of hydrazone groups is 1. The number of fused-ring (bicyclic) bond motifs is 1. The van der Waals surface area contributed by atoms with E-state index in [2.05, 4.69) is 20.8 Å². The maximum absolute atomic E-state index is 12.6. The summed E-state index contributed by atoms with van der Waals surface area (Å²) in [7, 11) is 0. The third-order valence-corrected chi connectivity index (χ3v) is 4.81. The first-order valence-corrected chi connectivity index (χ1v) is 9.83. The first kappa shape index (κ1) is 20.7. The van der Waals surface area contributed by atoms with E-state index < -0.39 is 4.92 Å². The molecule has 0 saturated heterocycles. The van der Waals surface area contributed by atoms with E-state index in [4.69, 9.17) is 0 Å². The molecule has 4 rings (SSSR count). The van der Waals surface area contributed by atoms with Crippen molar-refractivity contribution < 1.29 is 9.72 Å². The minimum atomic E-state index is -0.510. The highest BCUT2D eigenvalue weighted by atomic mass is 16.6. The van der Waals surface area contributed by atoms with Crippen LogP contribution in [0.15, 0.2) is 78.2 Å². The van der Waals surface area contributed by atoms with Gasteiger partial charge < -0.3 is 9.88 Å². The van der Waals surface area contributed by atoms with Gasteiger partial charge >= 0.3 is 0 Å². The molecule has 9 heteroatoms. The van der Waals surface area contributed by atoms with E-state index in [9.17, 15) is 14.9 Å². The molecular formula is C23H20N6O3. The molecule has 0 bridgehead atoms. The molecule has 4 aromatic rings. The summed E-state index contributed by atoms with van der Waals surface area (Å²) in [5.41, 5.74) is 6.26. The highest BCUT2D eigenvalue weighted by Gasteiger charge is 2.10. The highest BCUT2D eigenvalue weighted by Crippen LogP contribution is 2.20. The van der Waals surface area contributed by atoms with Gasteiger partial charge in [0.15, 0.2) is 0 Å². The van der Waals surface area contributed by atoms with E-state index in [1.807, 2.05) is 66.2 Å². The van der Waals surface area contributed by atoms with E-state index in [0.717, 1.165) is 33.9 Å². The molecule has 0 unspecified atom stereocenters. The van der Waals surface area contributed by atoms with E-state index in [1.165, 1.54) is 12.1 Å². The number of nitrogens with zero attached hydrogens (tertiary/aromatic N) is 4. The third-order valence-electron chi connectivity index (χ3n) is 4.81. The van der Waals surface area contributed by atoms with Crippen LogP contribution in [0.4, 0.5) is 17.2 Å². The van der Waals surface area contributed by atoms with Gasteiger partial charge in [0.25, 0.3) is 5.69 Å². The third kappa shape index (κ3) is 4.78. The molecule has 160 valence electrons. The van der Waals surface area contributed by atoms with Gasteiger partial charge in [0.1, 0.15) is 18.6 Å². The Hall–Kier alpha value is -4.53. The summed E-state index contributed by atoms with van der Waals surface area (Å²) >= 11 is 0. The van der Waals surface area contributed by atoms with Crippen LogP contribution in [0.2, 0.25) is 0 Å². The summed E-state index contributed by atoms with van der Waals surface area (Å²) in [6.07, 6.45) is 4.64. The highest BCUT2D eigenvalue weighted by molar-refractivity contribution is 6.00. The molecule has 0 saturated carbocycles. The number of pyridine rings is 1. The summed E-state index contributed by atoms with van der Waals surface area (Å²) in [5, 5.41) is 18.7. The van der Waals surface area contributed by atoms with E-state index in [-0.39, 0.29) is 18.1 Å². The number of anilines is 2. The van der Waals surface area contributed by atoms with Crippen molar-refractivity contribution in [2.45, 2.75) is 13.5 Å². The molecule has 32 heavy (non-hydrogen) atoms. The van der Waals surface area contributed by atoms with Crippen LogP contribution in [0.3, 0.4) is 0 Å². The zero-order valence-corrected chi connectivity index (χ0v) is 17.2. The topological polar surface area (TPSA) is 114 Å². The Morgan fingerprint density at radius 3 is 2.66 bits per heavy atom. The second kappa shape index (κ2) is 9.09. The number of para-hydroxylation sites is 1. The van der Waals surface area contributed by atoms with Gasteiger partial charge in [-0.1, -0.05) is 35.9 Å². The second-order valence-electron chi connectivity index (χ2n) is 7.17. The summed E-state index contributed by atoms with van der Waals surface area (Å²) in [6.45, 7) is 2.15. The largest absolute Gasteiger partial charge is 0.337 e. The molecule has 0 aliphatic carbocycles. The molecule has 2 aromatic carbocycles. The van der Waals surface area contributed by atoms with Gasteiger partial charge in [-0.3, -0.25) is 20.3 Å². The van der Waals surface area contributed by atoms with Gasteiger partial charge in [-0.25, -0.2) is 4.98 Å². The summed E-state index contributed by atoms with van der Waals surface area (Å²) in [4.78, 5) is 26.7. The summed E-state index contributed by atoms with van der Waals surface area (Å²) in [6, 6.07) is 18.2. The molecule has 0 spiro atoms. The number of nitro groups is 1. The predicted molar refractivity (Wildman–Crippen MR) is 124 cm³/mol. The Bertz CT molecular complexity index is 1290. The molecule has 2 heterocycles. The molecule has 1 amide bonds. The van der Waals surface area contributed by atoms with Crippen molar-refractivity contribution >= 4 is 40.2 Å². The molecule has 0 aliphatic heterocycles. The normalized spacial score (nSPS) is 11.0. The number of hydrogen-bond donors (Lipinski definition) is 2. The predicted octanol–water partition coefficient (Wildman–Crippen LogP) is 4.34. The number of aryl methyl sites for hydroxylation is 1. The number of rotatable bonds is 7. The van der Waals surface area contributed by atoms with Gasteiger partial charge in [-0.05, 0) is 31.2 Å². The van der Waals surface area contributed by atoms with Crippen molar-refractivity contribution in [1.82, 2.24) is 9.55 Å². The lowest BCUT2D eigenvalue weighted by atomic mass is 10.2. The van der Waals surface area contributed by atoms with Crippen molar-refractivity contribution in [1.29, 1.82) is 0 Å². The van der Waals surface area contributed by atoms with Crippen LogP contribution >= 0.6 is 0 Å². The van der Waals surface area contributed by atoms with Gasteiger partial charge in [-0.15, -0.1) is 0 Å². The van der Waals surface area contributed by atoms with Crippen LogP contribution in [0.25, 0.3) is 10.9 Å². The molecule has 2 aromatic heterocycles. The van der Waals surface area contributed by atoms with Crippen LogP contribution < -0.4 is 10.7 Å². The Labute approximate surface area is 183 Å². The molecule has 0 atom stereocenters. The minimum Gasteiger partial charge on any atom is -0.337 e. The zero-order chi connectivity index (χ0) is 22.5. The molecule has 9 nitrogen and oxygen atoms in total. The van der Waals surface area contributed by atoms with Crippen molar-refractivity contribution in [3.05, 3.63) is 94.3 Å². The molecule has 0 aliphatic rings. The Kier molecular flexibility index (Phi) is 5.89. The number of carbonyl (C=O) groups excluding carboxylic acids is 1. The fraction of sp³-hybridized carbons (Fsp3) is 0.0870. The van der Waals surface area contributed by atoms with Gasteiger partial charge in [0.05, 0.1) is 11.1 Å². The fourth-order valence-corrected chi connectivity index (χ4v) is 3.23. The number of benzene rings is 2. The lowest BCUT2D eigenvalue weighted by molar-refractivity contribution is -0.385. The first-order chi connectivity index (χ1) is 15.5. The maximum Gasteiger partial charge on any atom is 0.287 e. The summed E-state index contributed by atoms with van der Waals surface area (Å²) < 4.78 is 1.87. The Morgan fingerprint density at radius 1 is 1.16 bits per heavy atom. The van der Waals surface area contributed by atoms with Gasteiger partial charge in [0.2, 0.25) is 5.91 Å². The van der Waals surface area contributed by atoms with E-state index >= 15 is 0 Å². The standard InChI is InChI=1S/C23H20N6O3/c1-16-6-8-18(9-7-16)26-23(30)15-28-14-17(20-4-2-3-5-21(20)28)12-25-27-22-11-10-19(13-24-22)29(31)32/h2-14H,15H2,1H3,(H,24,27)(H,26,30)/b25-12+. The van der Waals surface area contributed by atoms with Gasteiger partial charge in [-0.2, -0.15) is 5.10 Å². The van der Waals surface area contributed by atoms with Gasteiger partial charge in [0, 0.05) is 34.4 Å². The van der Waals surface area contributed by atoms with Crippen LogP contribution in [0.1, 0.15) is 11.1 Å². The molecular weight excluding hydrogens is 408 g/mol. The minimum absolute atomic E-state index is 0.0912. The molecule has 0 radical (unpaired) electrons. The van der Waals surface area contributed by atoms with E-state index in [0.29, 0.717) is 5.82 Å². The maximum atomic E-state index is 12.6. The van der Waals surface area contributed by atoms with Crippen LogP contribution in [-0.4, -0.2) is 26.6 Å². The van der Waals surface area contributed by atoms with Crippen LogP contribution in [-0.2, 0) is 11.3 Å². The number of amides is 1. The number of nitrogens with one attached hydrogen (secondary N) is 2. The average Bonchev–Trinajstić information content (AvgIpc) is 3.13. The number of aromatic nitrogens is 2. The van der Waals surface area contributed by atoms with Crippen LogP contribution in [0.5, 0.6) is 0 Å². The lowest BCUT2D eigenvalue weighted by Crippen LogP contribution is -2.18. The monoisotopic (exact) mass is 428 g/mol. The second-order valence-corrected chi connectivity index (χ2v) is 7.17. The fourth-order valence-electron chi connectivity index (χ4n) is 3.23. The zero-order valence-electron chi connectivity index (χ0n) is 17.2. The number of carbonyl (C=O) groups is 1. The van der Waals surface area contributed by atoms with E-state index in [1.54, 1.807) is 6.21 Å². The van der Waals surface area contributed by atoms with Crippen molar-refractivity contribution in [3.8, 4) is 0 Å². The Morgan fingerprint density at radius 2 is 1.94 bits per heavy atom. The molecule has 0 fully saturated rings. The molecule has 2 N–H and O–H groups in total.